The van der Waals surface area contributed by atoms with Gasteiger partial charge in [-0.2, -0.15) is 0 Å². The van der Waals surface area contributed by atoms with E-state index in [1.165, 1.54) is 6.42 Å². The minimum atomic E-state index is 0.428. The van der Waals surface area contributed by atoms with Crippen LogP contribution >= 0.6 is 11.3 Å². The van der Waals surface area contributed by atoms with Crippen LogP contribution in [0.4, 0.5) is 0 Å². The lowest BCUT2D eigenvalue weighted by Crippen LogP contribution is -2.16. The first-order valence-electron chi connectivity index (χ1n) is 5.74. The van der Waals surface area contributed by atoms with Crippen molar-refractivity contribution in [2.75, 3.05) is 0 Å². The van der Waals surface area contributed by atoms with E-state index in [-0.39, 0.29) is 0 Å². The Balaban J connectivity index is 1.74. The van der Waals surface area contributed by atoms with Crippen LogP contribution in [0.5, 0.6) is 0 Å². The summed E-state index contributed by atoms with van der Waals surface area (Å²) in [7, 11) is 0. The van der Waals surface area contributed by atoms with Crippen LogP contribution < -0.4 is 0 Å². The highest BCUT2D eigenvalue weighted by molar-refractivity contribution is 7.15. The standard InChI is InChI=1S/C12H14N2OS/c15-11-3-1-2-9(7-11)6-10-8-14-4-5-16-12(14)13-10/h4-5,8-9H,1-3,6-7H2. The molecule has 0 N–H and O–H groups in total. The average molecular weight is 234 g/mol. The van der Waals surface area contributed by atoms with Gasteiger partial charge < -0.3 is 0 Å². The van der Waals surface area contributed by atoms with Gasteiger partial charge in [0.15, 0.2) is 4.96 Å². The number of carbonyl (C=O) groups is 1. The minimum absolute atomic E-state index is 0.428. The zero-order chi connectivity index (χ0) is 11.0. The first-order valence-corrected chi connectivity index (χ1v) is 6.62. The molecule has 0 aromatic carbocycles. The van der Waals surface area contributed by atoms with Crippen molar-refractivity contribution in [3.05, 3.63) is 23.5 Å². The Bertz CT molecular complexity index is 485. The molecule has 0 amide bonds. The Morgan fingerprint density at radius 3 is 3.31 bits per heavy atom. The Kier molecular flexibility index (Phi) is 2.52. The van der Waals surface area contributed by atoms with E-state index in [1.54, 1.807) is 11.3 Å². The molecule has 3 rings (SSSR count). The molecule has 1 atom stereocenters. The fourth-order valence-electron chi connectivity index (χ4n) is 2.46. The Morgan fingerprint density at radius 2 is 2.50 bits per heavy atom. The lowest BCUT2D eigenvalue weighted by atomic mass is 9.85. The third-order valence-electron chi connectivity index (χ3n) is 3.23. The summed E-state index contributed by atoms with van der Waals surface area (Å²) < 4.78 is 2.06. The van der Waals surface area contributed by atoms with Crippen molar-refractivity contribution >= 4 is 22.1 Å². The molecule has 1 unspecified atom stereocenters. The molecule has 1 aliphatic rings. The molecule has 0 saturated heterocycles. The number of fused-ring (bicyclic) bond motifs is 1. The molecule has 1 fully saturated rings. The van der Waals surface area contributed by atoms with E-state index in [0.29, 0.717) is 11.7 Å². The summed E-state index contributed by atoms with van der Waals surface area (Å²) in [5, 5.41) is 2.04. The highest BCUT2D eigenvalue weighted by Crippen LogP contribution is 2.25. The highest BCUT2D eigenvalue weighted by Gasteiger charge is 2.20. The smallest absolute Gasteiger partial charge is 0.193 e. The number of ketones is 1. The van der Waals surface area contributed by atoms with Crippen LogP contribution in [0.3, 0.4) is 0 Å². The van der Waals surface area contributed by atoms with Gasteiger partial charge in [-0.15, -0.1) is 11.3 Å². The summed E-state index contributed by atoms with van der Waals surface area (Å²) in [5.74, 6) is 0.947. The lowest BCUT2D eigenvalue weighted by molar-refractivity contribution is -0.121. The molecule has 4 heteroatoms. The van der Waals surface area contributed by atoms with Crippen molar-refractivity contribution in [2.45, 2.75) is 32.1 Å². The van der Waals surface area contributed by atoms with Gasteiger partial charge in [0.05, 0.1) is 5.69 Å². The summed E-state index contributed by atoms with van der Waals surface area (Å²) >= 11 is 1.66. The second-order valence-electron chi connectivity index (χ2n) is 4.53. The summed E-state index contributed by atoms with van der Waals surface area (Å²) in [5.41, 5.74) is 1.13. The van der Waals surface area contributed by atoms with Gasteiger partial charge in [0, 0.05) is 30.6 Å². The van der Waals surface area contributed by atoms with E-state index >= 15 is 0 Å². The van der Waals surface area contributed by atoms with Crippen LogP contribution in [-0.2, 0) is 11.2 Å². The molecule has 84 valence electrons. The number of thiazole rings is 1. The summed E-state index contributed by atoms with van der Waals surface area (Å²) in [4.78, 5) is 17.0. The molecule has 0 spiro atoms. The monoisotopic (exact) mass is 234 g/mol. The number of hydrogen-bond acceptors (Lipinski definition) is 3. The predicted molar refractivity (Wildman–Crippen MR) is 63.7 cm³/mol. The Hall–Kier alpha value is -1.16. The number of aromatic nitrogens is 2. The van der Waals surface area contributed by atoms with E-state index in [0.717, 1.165) is 36.3 Å². The number of carbonyl (C=O) groups excluding carboxylic acids is 1. The normalized spacial score (nSPS) is 21.8. The third kappa shape index (κ3) is 1.89. The largest absolute Gasteiger partial charge is 0.300 e. The molecule has 0 radical (unpaired) electrons. The number of hydrogen-bond donors (Lipinski definition) is 0. The Morgan fingerprint density at radius 1 is 1.56 bits per heavy atom. The molecule has 3 nitrogen and oxygen atoms in total. The van der Waals surface area contributed by atoms with Gasteiger partial charge in [-0.3, -0.25) is 9.20 Å². The highest BCUT2D eigenvalue weighted by atomic mass is 32.1. The average Bonchev–Trinajstić information content (AvgIpc) is 2.77. The van der Waals surface area contributed by atoms with Crippen molar-refractivity contribution in [3.63, 3.8) is 0 Å². The van der Waals surface area contributed by atoms with Gasteiger partial charge >= 0.3 is 0 Å². The zero-order valence-corrected chi connectivity index (χ0v) is 9.87. The van der Waals surface area contributed by atoms with Crippen LogP contribution in [0.15, 0.2) is 17.8 Å². The minimum Gasteiger partial charge on any atom is -0.300 e. The van der Waals surface area contributed by atoms with Crippen LogP contribution in [-0.4, -0.2) is 15.2 Å². The van der Waals surface area contributed by atoms with Crippen molar-refractivity contribution in [1.82, 2.24) is 9.38 Å². The molecule has 1 saturated carbocycles. The first-order chi connectivity index (χ1) is 7.81. The molecular formula is C12H14N2OS. The second kappa shape index (κ2) is 4.01. The summed E-state index contributed by atoms with van der Waals surface area (Å²) in [6.45, 7) is 0. The lowest BCUT2D eigenvalue weighted by Gasteiger charge is -2.19. The number of Topliss-reactive ketones (excluding diaryl/α,β-unsaturated/α-hetero) is 1. The van der Waals surface area contributed by atoms with Gasteiger partial charge in [-0.05, 0) is 25.2 Å². The molecule has 2 aromatic heterocycles. The van der Waals surface area contributed by atoms with Crippen LogP contribution in [0.25, 0.3) is 4.96 Å². The molecule has 0 aliphatic heterocycles. The maximum Gasteiger partial charge on any atom is 0.193 e. The maximum absolute atomic E-state index is 11.4. The van der Waals surface area contributed by atoms with Gasteiger partial charge in [0.2, 0.25) is 0 Å². The van der Waals surface area contributed by atoms with Crippen LogP contribution in [0.2, 0.25) is 0 Å². The molecule has 2 aromatic rings. The van der Waals surface area contributed by atoms with Gasteiger partial charge in [-0.25, -0.2) is 4.98 Å². The molecule has 2 heterocycles. The molecule has 1 aliphatic carbocycles. The summed E-state index contributed by atoms with van der Waals surface area (Å²) in [6, 6.07) is 0. The summed E-state index contributed by atoms with van der Waals surface area (Å²) in [6.07, 6.45) is 8.86. The van der Waals surface area contributed by atoms with E-state index in [2.05, 4.69) is 15.6 Å². The number of nitrogens with zero attached hydrogens (tertiary/aromatic N) is 2. The van der Waals surface area contributed by atoms with Gasteiger partial charge in [0.25, 0.3) is 0 Å². The van der Waals surface area contributed by atoms with Crippen molar-refractivity contribution < 1.29 is 4.79 Å². The fourth-order valence-corrected chi connectivity index (χ4v) is 3.18. The quantitative estimate of drug-likeness (QED) is 0.800. The number of imidazole rings is 1. The van der Waals surface area contributed by atoms with E-state index < -0.39 is 0 Å². The molecular weight excluding hydrogens is 220 g/mol. The fraction of sp³-hybridized carbons (Fsp3) is 0.500. The predicted octanol–water partition coefficient (Wildman–Crippen LogP) is 2.70. The topological polar surface area (TPSA) is 34.4 Å². The third-order valence-corrected chi connectivity index (χ3v) is 4.00. The first kappa shape index (κ1) is 10.0. The van der Waals surface area contributed by atoms with Gasteiger partial charge in [-0.1, -0.05) is 0 Å². The van der Waals surface area contributed by atoms with Crippen molar-refractivity contribution in [3.8, 4) is 0 Å². The van der Waals surface area contributed by atoms with E-state index in [4.69, 9.17) is 0 Å². The van der Waals surface area contributed by atoms with Crippen molar-refractivity contribution in [1.29, 1.82) is 0 Å². The SMILES string of the molecule is O=C1CCCC(Cc2cn3ccsc3n2)C1. The van der Waals surface area contributed by atoms with Gasteiger partial charge in [0.1, 0.15) is 5.78 Å². The Labute approximate surface area is 98.1 Å². The zero-order valence-electron chi connectivity index (χ0n) is 9.06. The molecule has 0 bridgehead atoms. The maximum atomic E-state index is 11.4. The molecule has 16 heavy (non-hydrogen) atoms. The van der Waals surface area contributed by atoms with Crippen LogP contribution in [0, 0.1) is 5.92 Å². The van der Waals surface area contributed by atoms with E-state index in [9.17, 15) is 4.79 Å². The van der Waals surface area contributed by atoms with Crippen LogP contribution in [0.1, 0.15) is 31.4 Å². The number of rotatable bonds is 2. The van der Waals surface area contributed by atoms with E-state index in [1.807, 2.05) is 11.6 Å². The van der Waals surface area contributed by atoms with Crippen molar-refractivity contribution in [2.24, 2.45) is 5.92 Å². The second-order valence-corrected chi connectivity index (χ2v) is 5.40.